The number of carbonyl (C=O) groups is 1. The van der Waals surface area contributed by atoms with Crippen LogP contribution in [-0.2, 0) is 28.8 Å². The Balaban J connectivity index is 2.18. The number of carbonyl (C=O) groups excluding carboxylic acids is 1. The molecule has 0 aliphatic heterocycles. The first kappa shape index (κ1) is 19.9. The van der Waals surface area contributed by atoms with Gasteiger partial charge in [-0.15, -0.1) is 0 Å². The first-order chi connectivity index (χ1) is 12.5. The topological polar surface area (TPSA) is 46.5 Å². The number of hydrogen-bond acceptors (Lipinski definition) is 3. The van der Waals surface area contributed by atoms with Crippen LogP contribution in [0, 0.1) is 0 Å². The van der Waals surface area contributed by atoms with Crippen LogP contribution in [0.25, 0.3) is 11.1 Å². The summed E-state index contributed by atoms with van der Waals surface area (Å²) in [5.41, 5.74) is 6.24. The van der Waals surface area contributed by atoms with Gasteiger partial charge in [-0.25, -0.2) is 4.79 Å². The highest BCUT2D eigenvalue weighted by atomic mass is 16.5. The zero-order chi connectivity index (χ0) is 18.9. The third-order valence-corrected chi connectivity index (χ3v) is 4.37. The van der Waals surface area contributed by atoms with Crippen molar-refractivity contribution in [3.05, 3.63) is 71.3 Å². The second kappa shape index (κ2) is 9.93. The van der Waals surface area contributed by atoms with E-state index in [-0.39, 0.29) is 12.6 Å². The molecule has 138 valence electrons. The minimum absolute atomic E-state index is 0.101. The van der Waals surface area contributed by atoms with Crippen molar-refractivity contribution in [1.82, 2.24) is 0 Å². The molecule has 0 heterocycles. The Hall–Kier alpha value is -2.39. The number of aliphatic hydroxyl groups is 1. The fraction of sp³-hybridized carbons (Fsp3) is 0.348. The predicted molar refractivity (Wildman–Crippen MR) is 106 cm³/mol. The summed E-state index contributed by atoms with van der Waals surface area (Å²) >= 11 is 0. The van der Waals surface area contributed by atoms with Crippen LogP contribution in [-0.4, -0.2) is 24.3 Å². The van der Waals surface area contributed by atoms with Gasteiger partial charge in [0.1, 0.15) is 0 Å². The first-order valence-corrected chi connectivity index (χ1v) is 9.19. The summed E-state index contributed by atoms with van der Waals surface area (Å²) in [5, 5.41) is 9.30. The highest BCUT2D eigenvalue weighted by Gasteiger charge is 2.08. The summed E-state index contributed by atoms with van der Waals surface area (Å²) in [6.45, 7) is 7.83. The molecule has 0 saturated heterocycles. The molecule has 3 nitrogen and oxygen atoms in total. The van der Waals surface area contributed by atoms with Gasteiger partial charge in [-0.1, -0.05) is 62.4 Å². The molecule has 3 heteroatoms. The van der Waals surface area contributed by atoms with E-state index < -0.39 is 0 Å². The van der Waals surface area contributed by atoms with Crippen molar-refractivity contribution in [1.29, 1.82) is 0 Å². The van der Waals surface area contributed by atoms with Gasteiger partial charge in [0.25, 0.3) is 0 Å². The maximum Gasteiger partial charge on any atom is 0.333 e. The van der Waals surface area contributed by atoms with Crippen LogP contribution in [0.5, 0.6) is 0 Å². The first-order valence-electron chi connectivity index (χ1n) is 9.19. The van der Waals surface area contributed by atoms with Gasteiger partial charge in [0.2, 0.25) is 0 Å². The number of benzene rings is 2. The Bertz CT molecular complexity index is 745. The van der Waals surface area contributed by atoms with Gasteiger partial charge in [0, 0.05) is 18.6 Å². The molecule has 0 aromatic heterocycles. The molecule has 2 aromatic carbocycles. The van der Waals surface area contributed by atoms with E-state index in [2.05, 4.69) is 56.0 Å². The molecular formula is C23H28O3. The summed E-state index contributed by atoms with van der Waals surface area (Å²) in [4.78, 5) is 11.6. The molecule has 0 aliphatic carbocycles. The van der Waals surface area contributed by atoms with Crippen molar-refractivity contribution < 1.29 is 14.6 Å². The van der Waals surface area contributed by atoms with Crippen LogP contribution < -0.4 is 0 Å². The summed E-state index contributed by atoms with van der Waals surface area (Å²) in [7, 11) is 0. The summed E-state index contributed by atoms with van der Waals surface area (Å²) in [6, 6.07) is 14.9. The zero-order valence-electron chi connectivity index (χ0n) is 15.8. The summed E-state index contributed by atoms with van der Waals surface area (Å²) < 4.78 is 5.23. The molecule has 0 fully saturated rings. The molecule has 0 spiro atoms. The quantitative estimate of drug-likeness (QED) is 0.534. The minimum Gasteiger partial charge on any atom is -0.462 e. The van der Waals surface area contributed by atoms with Gasteiger partial charge in [-0.3, -0.25) is 0 Å². The largest absolute Gasteiger partial charge is 0.462 e. The van der Waals surface area contributed by atoms with Gasteiger partial charge in [0.15, 0.2) is 0 Å². The smallest absolute Gasteiger partial charge is 0.333 e. The standard InChI is InChI=1S/C23H28O3/c1-4-5-18-6-8-19(9-7-18)21-11-10-20(12-14-24)22(16-21)13-15-26-23(25)17(2)3/h6-11,16,24H,2,4-5,12-15H2,1,3H3. The van der Waals surface area contributed by atoms with Crippen molar-refractivity contribution in [3.63, 3.8) is 0 Å². The average Bonchev–Trinajstić information content (AvgIpc) is 2.64. The molecule has 26 heavy (non-hydrogen) atoms. The van der Waals surface area contributed by atoms with Crippen LogP contribution in [0.3, 0.4) is 0 Å². The van der Waals surface area contributed by atoms with E-state index in [1.165, 1.54) is 11.1 Å². The van der Waals surface area contributed by atoms with Crippen LogP contribution in [0.4, 0.5) is 0 Å². The molecule has 1 N–H and O–H groups in total. The lowest BCUT2D eigenvalue weighted by Gasteiger charge is -2.12. The lowest BCUT2D eigenvalue weighted by molar-refractivity contribution is -0.138. The SMILES string of the molecule is C=C(C)C(=O)OCCc1cc(-c2ccc(CCC)cc2)ccc1CCO. The maximum atomic E-state index is 11.6. The molecule has 0 unspecified atom stereocenters. The Morgan fingerprint density at radius 1 is 1.00 bits per heavy atom. The van der Waals surface area contributed by atoms with Crippen LogP contribution in [0.1, 0.15) is 37.0 Å². The maximum absolute atomic E-state index is 11.6. The van der Waals surface area contributed by atoms with E-state index in [0.717, 1.165) is 29.5 Å². The number of aliphatic hydroxyl groups excluding tert-OH is 1. The van der Waals surface area contributed by atoms with Crippen molar-refractivity contribution in [2.45, 2.75) is 39.5 Å². The molecule has 0 atom stereocenters. The number of esters is 1. The average molecular weight is 352 g/mol. The molecule has 0 amide bonds. The van der Waals surface area contributed by atoms with Crippen LogP contribution in [0.15, 0.2) is 54.6 Å². The normalized spacial score (nSPS) is 10.6. The molecular weight excluding hydrogens is 324 g/mol. The Kier molecular flexibility index (Phi) is 7.61. The van der Waals surface area contributed by atoms with E-state index in [9.17, 15) is 9.90 Å². The second-order valence-electron chi connectivity index (χ2n) is 6.57. The molecule has 0 saturated carbocycles. The van der Waals surface area contributed by atoms with Crippen molar-refractivity contribution in [2.75, 3.05) is 13.2 Å². The van der Waals surface area contributed by atoms with E-state index >= 15 is 0 Å². The van der Waals surface area contributed by atoms with Gasteiger partial charge < -0.3 is 9.84 Å². The van der Waals surface area contributed by atoms with Gasteiger partial charge in [0.05, 0.1) is 6.61 Å². The summed E-state index contributed by atoms with van der Waals surface area (Å²) in [5.74, 6) is -0.364. The lowest BCUT2D eigenvalue weighted by atomic mass is 9.95. The lowest BCUT2D eigenvalue weighted by Crippen LogP contribution is -2.09. The number of ether oxygens (including phenoxy) is 1. The predicted octanol–water partition coefficient (Wildman–Crippen LogP) is 4.50. The second-order valence-corrected chi connectivity index (χ2v) is 6.57. The third-order valence-electron chi connectivity index (χ3n) is 4.37. The van der Waals surface area contributed by atoms with Crippen molar-refractivity contribution in [3.8, 4) is 11.1 Å². The number of rotatable bonds is 9. The van der Waals surface area contributed by atoms with E-state index in [1.54, 1.807) is 6.92 Å². The van der Waals surface area contributed by atoms with Crippen LogP contribution >= 0.6 is 0 Å². The van der Waals surface area contributed by atoms with Gasteiger partial charge >= 0.3 is 5.97 Å². The number of hydrogen-bond donors (Lipinski definition) is 1. The number of aryl methyl sites for hydroxylation is 1. The monoisotopic (exact) mass is 352 g/mol. The molecule has 0 radical (unpaired) electrons. The van der Waals surface area contributed by atoms with E-state index in [4.69, 9.17) is 4.74 Å². The molecule has 0 bridgehead atoms. The van der Waals surface area contributed by atoms with Gasteiger partial charge in [-0.2, -0.15) is 0 Å². The molecule has 0 aliphatic rings. The molecule has 2 rings (SSSR count). The Morgan fingerprint density at radius 3 is 2.31 bits per heavy atom. The van der Waals surface area contributed by atoms with E-state index in [1.807, 2.05) is 0 Å². The van der Waals surface area contributed by atoms with Crippen LogP contribution in [0.2, 0.25) is 0 Å². The minimum atomic E-state index is -0.364. The van der Waals surface area contributed by atoms with E-state index in [0.29, 0.717) is 25.0 Å². The highest BCUT2D eigenvalue weighted by Crippen LogP contribution is 2.24. The zero-order valence-corrected chi connectivity index (χ0v) is 15.8. The van der Waals surface area contributed by atoms with Crippen molar-refractivity contribution in [2.24, 2.45) is 0 Å². The van der Waals surface area contributed by atoms with Crippen molar-refractivity contribution >= 4 is 5.97 Å². The fourth-order valence-electron chi connectivity index (χ4n) is 2.93. The Morgan fingerprint density at radius 2 is 1.69 bits per heavy atom. The highest BCUT2D eigenvalue weighted by molar-refractivity contribution is 5.86. The Labute approximate surface area is 156 Å². The summed E-state index contributed by atoms with van der Waals surface area (Å²) in [6.07, 6.45) is 3.45. The third kappa shape index (κ3) is 5.57. The fourth-order valence-corrected chi connectivity index (χ4v) is 2.93. The molecule has 2 aromatic rings. The van der Waals surface area contributed by atoms with Gasteiger partial charge in [-0.05, 0) is 47.6 Å².